The number of hydrogen-bond acceptors (Lipinski definition) is 4. The van der Waals surface area contributed by atoms with Crippen molar-refractivity contribution in [1.29, 1.82) is 0 Å². The summed E-state index contributed by atoms with van der Waals surface area (Å²) in [7, 11) is 0. The molecule has 6 heteroatoms. The molecular weight excluding hydrogens is 427 g/mol. The number of fused-ring (bicyclic) bond motifs is 3. The predicted octanol–water partition coefficient (Wildman–Crippen LogP) is 5.88. The number of rotatable bonds is 5. The molecule has 1 N–H and O–H groups in total. The standard InChI is InChI=1S/C28H30FN4O/c29-21-6-8-23(9-7-21)34-18-19-3-2-14-33(17-19)22-5-1-4-20(15-22)24-10-12-30-26-16-32-28-25(27(24)26)11-13-31-28/h5-13,16,19-20,22H,1-4,14-15,17-18H2,(H,31,32). The van der Waals surface area contributed by atoms with Gasteiger partial charge in [0.05, 0.1) is 18.3 Å². The zero-order valence-electron chi connectivity index (χ0n) is 19.3. The Morgan fingerprint density at radius 1 is 1.09 bits per heavy atom. The number of likely N-dealkylation sites (tertiary alicyclic amines) is 1. The summed E-state index contributed by atoms with van der Waals surface area (Å²) >= 11 is 0. The molecule has 0 spiro atoms. The molecule has 1 aliphatic carbocycles. The van der Waals surface area contributed by atoms with Crippen LogP contribution in [0.4, 0.5) is 4.39 Å². The molecule has 1 radical (unpaired) electrons. The van der Waals surface area contributed by atoms with Gasteiger partial charge in [-0.05, 0) is 92.9 Å². The number of aromatic nitrogens is 3. The lowest BCUT2D eigenvalue weighted by Crippen LogP contribution is -2.46. The summed E-state index contributed by atoms with van der Waals surface area (Å²) in [5.74, 6) is 1.53. The number of nitrogens with one attached hydrogen (secondary N) is 1. The first-order valence-electron chi connectivity index (χ1n) is 12.4. The van der Waals surface area contributed by atoms with E-state index >= 15 is 0 Å². The van der Waals surface area contributed by atoms with E-state index in [-0.39, 0.29) is 5.82 Å². The van der Waals surface area contributed by atoms with Gasteiger partial charge in [-0.3, -0.25) is 9.88 Å². The number of piperidine rings is 1. The lowest BCUT2D eigenvalue weighted by Gasteiger charge is -2.42. The first-order chi connectivity index (χ1) is 16.7. The largest absolute Gasteiger partial charge is 0.493 e. The van der Waals surface area contributed by atoms with Crippen LogP contribution in [0.25, 0.3) is 21.9 Å². The van der Waals surface area contributed by atoms with Crippen LogP contribution in [0, 0.1) is 18.2 Å². The molecular formula is C28H30FN4O. The molecule has 1 saturated heterocycles. The van der Waals surface area contributed by atoms with Crippen molar-refractivity contribution < 1.29 is 9.13 Å². The Hall–Kier alpha value is -2.99. The van der Waals surface area contributed by atoms with Gasteiger partial charge in [0.25, 0.3) is 0 Å². The first kappa shape index (κ1) is 21.5. The second-order valence-electron chi connectivity index (χ2n) is 9.74. The average Bonchev–Trinajstić information content (AvgIpc) is 3.38. The van der Waals surface area contributed by atoms with Crippen LogP contribution in [0.15, 0.2) is 55.0 Å². The van der Waals surface area contributed by atoms with Gasteiger partial charge in [0.15, 0.2) is 0 Å². The minimum absolute atomic E-state index is 0.228. The van der Waals surface area contributed by atoms with E-state index in [1.807, 2.05) is 18.6 Å². The van der Waals surface area contributed by atoms with E-state index in [9.17, 15) is 4.39 Å². The number of benzene rings is 1. The Morgan fingerprint density at radius 2 is 2.00 bits per heavy atom. The maximum absolute atomic E-state index is 13.2. The van der Waals surface area contributed by atoms with E-state index < -0.39 is 0 Å². The highest BCUT2D eigenvalue weighted by atomic mass is 19.1. The summed E-state index contributed by atoms with van der Waals surface area (Å²) in [5, 5.41) is 2.42. The smallest absolute Gasteiger partial charge is 0.137 e. The number of nitrogens with zero attached hydrogens (tertiary/aromatic N) is 3. The maximum atomic E-state index is 13.2. The topological polar surface area (TPSA) is 54.0 Å². The number of H-pyrrole nitrogens is 1. The zero-order valence-corrected chi connectivity index (χ0v) is 19.3. The van der Waals surface area contributed by atoms with Gasteiger partial charge in [0.2, 0.25) is 0 Å². The van der Waals surface area contributed by atoms with Crippen molar-refractivity contribution in [1.82, 2.24) is 19.9 Å². The van der Waals surface area contributed by atoms with E-state index in [1.54, 1.807) is 12.1 Å². The summed E-state index contributed by atoms with van der Waals surface area (Å²) < 4.78 is 19.2. The Labute approximate surface area is 199 Å². The highest BCUT2D eigenvalue weighted by Crippen LogP contribution is 2.40. The van der Waals surface area contributed by atoms with Crippen molar-refractivity contribution in [3.05, 3.63) is 72.8 Å². The van der Waals surface area contributed by atoms with E-state index in [2.05, 4.69) is 38.4 Å². The van der Waals surface area contributed by atoms with Crippen molar-refractivity contribution in [2.75, 3.05) is 19.7 Å². The van der Waals surface area contributed by atoms with Crippen LogP contribution in [0.1, 0.15) is 43.6 Å². The van der Waals surface area contributed by atoms with Gasteiger partial charge >= 0.3 is 0 Å². The average molecular weight is 458 g/mol. The summed E-state index contributed by atoms with van der Waals surface area (Å²) in [4.78, 5) is 15.0. The fourth-order valence-electron chi connectivity index (χ4n) is 5.88. The second kappa shape index (κ2) is 9.34. The zero-order chi connectivity index (χ0) is 22.9. The predicted molar refractivity (Wildman–Crippen MR) is 132 cm³/mol. The van der Waals surface area contributed by atoms with Crippen molar-refractivity contribution in [3.8, 4) is 5.75 Å². The van der Waals surface area contributed by atoms with Crippen molar-refractivity contribution in [3.63, 3.8) is 0 Å². The number of hydrogen-bond donors (Lipinski definition) is 1. The summed E-state index contributed by atoms with van der Waals surface area (Å²) in [5.41, 5.74) is 3.32. The van der Waals surface area contributed by atoms with E-state index in [4.69, 9.17) is 4.74 Å². The number of halogens is 1. The summed E-state index contributed by atoms with van der Waals surface area (Å²) in [6.45, 7) is 2.88. The normalized spacial score (nSPS) is 24.0. The molecule has 1 aromatic carbocycles. The van der Waals surface area contributed by atoms with Crippen LogP contribution in [0.3, 0.4) is 0 Å². The van der Waals surface area contributed by atoms with Gasteiger partial charge in [0, 0.05) is 41.7 Å². The quantitative estimate of drug-likeness (QED) is 0.407. The molecule has 3 atom stereocenters. The minimum atomic E-state index is -0.228. The number of pyridine rings is 2. The lowest BCUT2D eigenvalue weighted by molar-refractivity contribution is 0.0919. The third kappa shape index (κ3) is 4.27. The van der Waals surface area contributed by atoms with Crippen molar-refractivity contribution in [2.24, 2.45) is 5.92 Å². The van der Waals surface area contributed by atoms with Crippen molar-refractivity contribution >= 4 is 21.9 Å². The molecule has 4 aromatic rings. The van der Waals surface area contributed by atoms with Gasteiger partial charge < -0.3 is 9.72 Å². The minimum Gasteiger partial charge on any atom is -0.493 e. The van der Waals surface area contributed by atoms with Gasteiger partial charge in [-0.1, -0.05) is 0 Å². The lowest BCUT2D eigenvalue weighted by atomic mass is 9.79. The molecule has 34 heavy (non-hydrogen) atoms. The van der Waals surface area contributed by atoms with Crippen LogP contribution in [-0.4, -0.2) is 45.6 Å². The SMILES string of the molecule is Fc1ccc(OCC2CCCN(C3[CH]CCC(c4ccnc5cnc6[nH]ccc6c45)C3)C2)cc1. The van der Waals surface area contributed by atoms with E-state index in [0.717, 1.165) is 42.8 Å². The highest BCUT2D eigenvalue weighted by Gasteiger charge is 2.32. The number of ether oxygens (including phenoxy) is 1. The van der Waals surface area contributed by atoms with E-state index in [0.29, 0.717) is 24.5 Å². The molecule has 0 amide bonds. The number of aromatic amines is 1. The molecule has 5 nitrogen and oxygen atoms in total. The van der Waals surface area contributed by atoms with Crippen LogP contribution in [0.2, 0.25) is 0 Å². The fourth-order valence-corrected chi connectivity index (χ4v) is 5.88. The summed E-state index contributed by atoms with van der Waals surface area (Å²) in [6, 6.07) is 11.2. The second-order valence-corrected chi connectivity index (χ2v) is 9.74. The highest BCUT2D eigenvalue weighted by molar-refractivity contribution is 6.05. The molecule has 3 aromatic heterocycles. The van der Waals surface area contributed by atoms with Gasteiger partial charge in [-0.25, -0.2) is 9.37 Å². The van der Waals surface area contributed by atoms with Gasteiger partial charge in [-0.2, -0.15) is 0 Å². The molecule has 2 aliphatic rings. The van der Waals surface area contributed by atoms with Crippen LogP contribution in [0.5, 0.6) is 5.75 Å². The Morgan fingerprint density at radius 3 is 2.91 bits per heavy atom. The molecule has 4 heterocycles. The van der Waals surface area contributed by atoms with Crippen molar-refractivity contribution in [2.45, 2.75) is 44.1 Å². The third-order valence-electron chi connectivity index (χ3n) is 7.56. The van der Waals surface area contributed by atoms with Crippen LogP contribution >= 0.6 is 0 Å². The molecule has 2 fully saturated rings. The first-order valence-corrected chi connectivity index (χ1v) is 12.4. The third-order valence-corrected chi connectivity index (χ3v) is 7.56. The molecule has 1 saturated carbocycles. The van der Waals surface area contributed by atoms with Crippen LogP contribution < -0.4 is 4.74 Å². The Balaban J connectivity index is 1.16. The molecule has 3 unspecified atom stereocenters. The molecule has 1 aliphatic heterocycles. The Kier molecular flexibility index (Phi) is 5.91. The van der Waals surface area contributed by atoms with Crippen LogP contribution in [-0.2, 0) is 0 Å². The summed E-state index contributed by atoms with van der Waals surface area (Å²) in [6.07, 6.45) is 14.1. The monoisotopic (exact) mass is 457 g/mol. The molecule has 6 rings (SSSR count). The molecule has 175 valence electrons. The van der Waals surface area contributed by atoms with Gasteiger partial charge in [-0.15, -0.1) is 0 Å². The Bertz CT molecular complexity index is 1270. The molecule has 0 bridgehead atoms. The van der Waals surface area contributed by atoms with E-state index in [1.165, 1.54) is 47.7 Å². The fraction of sp³-hybridized carbons (Fsp3) is 0.393. The maximum Gasteiger partial charge on any atom is 0.137 e. The van der Waals surface area contributed by atoms with Gasteiger partial charge in [0.1, 0.15) is 17.2 Å².